The number of ketones is 3. The van der Waals surface area contributed by atoms with E-state index in [4.69, 9.17) is 18.9 Å². The van der Waals surface area contributed by atoms with Crippen LogP contribution in [0, 0.1) is 35.5 Å². The third-order valence-corrected chi connectivity index (χ3v) is 14.7. The van der Waals surface area contributed by atoms with E-state index in [1.165, 1.54) is 12.0 Å². The Morgan fingerprint density at radius 2 is 1.58 bits per heavy atom. The molecule has 0 spiro atoms. The van der Waals surface area contributed by atoms with Crippen molar-refractivity contribution in [2.24, 2.45) is 35.5 Å². The number of Topliss-reactive ketones (excluding diaryl/α,β-unsaturated/α-hetero) is 3. The number of hydrogen-bond acceptors (Lipinski definition) is 15. The van der Waals surface area contributed by atoms with E-state index in [1.54, 1.807) is 52.1 Å². The summed E-state index contributed by atoms with van der Waals surface area (Å²) in [6.07, 6.45) is 11.5. The second-order valence-corrected chi connectivity index (χ2v) is 20.2. The third kappa shape index (κ3) is 16.4. The van der Waals surface area contributed by atoms with Crippen molar-refractivity contribution in [1.29, 1.82) is 0 Å². The molecule has 69 heavy (non-hydrogen) atoms. The van der Waals surface area contributed by atoms with Crippen molar-refractivity contribution in [2.75, 3.05) is 27.9 Å². The van der Waals surface area contributed by atoms with Gasteiger partial charge in [0, 0.05) is 55.4 Å². The van der Waals surface area contributed by atoms with Gasteiger partial charge in [-0.1, -0.05) is 71.1 Å². The highest BCUT2D eigenvalue weighted by atomic mass is 16.5. The highest BCUT2D eigenvalue weighted by molar-refractivity contribution is 6.38. The number of aliphatic hydroxyl groups excluding tert-OH is 3. The molecular formula is C52H85N5O12. The Kier molecular flexibility index (Phi) is 23.2. The molecule has 3 aliphatic rings. The van der Waals surface area contributed by atoms with Gasteiger partial charge in [0.25, 0.3) is 5.91 Å². The van der Waals surface area contributed by atoms with Crippen LogP contribution in [0.1, 0.15) is 134 Å². The average Bonchev–Trinajstić information content (AvgIpc) is 3.88. The SMILES string of the molecule is CO[C@H]1C[C@@H](O)CC[C@@H](C)[C@H](O)C(=O)C(=O)N2CCCC[C@@H]2C(=O)O[C@@H]([C@H](C)C[C@@H]2CC[C@H](n3cnnn3)[C@H](OC)C2)CC(=O)[C@H](C)/C=C(\C)[C@@H](O)[C@@H](OC)C(=O)[C@H](C)C[C@H](C)C=CC=C/C=C\1C.[HH].[HH]. The lowest BCUT2D eigenvalue weighted by Gasteiger charge is -2.38. The molecule has 15 atom stereocenters. The minimum absolute atomic E-state index is 0. The Bertz CT molecular complexity index is 1960. The van der Waals surface area contributed by atoms with E-state index in [1.807, 2.05) is 58.1 Å². The second kappa shape index (κ2) is 28.0. The minimum Gasteiger partial charge on any atom is -0.460 e. The first-order valence-electron chi connectivity index (χ1n) is 25.0. The van der Waals surface area contributed by atoms with Crippen molar-refractivity contribution >= 4 is 29.2 Å². The van der Waals surface area contributed by atoms with Crippen LogP contribution in [-0.2, 0) is 42.9 Å². The van der Waals surface area contributed by atoms with Crippen LogP contribution in [0.3, 0.4) is 0 Å². The van der Waals surface area contributed by atoms with Crippen LogP contribution in [0.5, 0.6) is 0 Å². The van der Waals surface area contributed by atoms with Crippen molar-refractivity contribution in [3.8, 4) is 0 Å². The number of esters is 1. The molecule has 2 aliphatic heterocycles. The number of carbonyl (C=O) groups is 5. The van der Waals surface area contributed by atoms with E-state index < -0.39 is 78.1 Å². The molecule has 1 aromatic heterocycles. The van der Waals surface area contributed by atoms with Gasteiger partial charge in [-0.25, -0.2) is 9.48 Å². The van der Waals surface area contributed by atoms with Crippen LogP contribution >= 0.6 is 0 Å². The summed E-state index contributed by atoms with van der Waals surface area (Å²) in [4.78, 5) is 71.1. The number of cyclic esters (lactones) is 1. The predicted molar refractivity (Wildman–Crippen MR) is 262 cm³/mol. The number of rotatable bonds is 7. The molecule has 3 heterocycles. The van der Waals surface area contributed by atoms with Gasteiger partial charge in [-0.3, -0.25) is 19.2 Å². The zero-order chi connectivity index (χ0) is 50.9. The van der Waals surface area contributed by atoms with Crippen molar-refractivity contribution in [2.45, 2.75) is 180 Å². The van der Waals surface area contributed by atoms with Gasteiger partial charge in [0.15, 0.2) is 5.78 Å². The molecule has 0 bridgehead atoms. The molecule has 0 aromatic carbocycles. The zero-order valence-electron chi connectivity index (χ0n) is 42.6. The zero-order valence-corrected chi connectivity index (χ0v) is 42.6. The number of hydrogen-bond donors (Lipinski definition) is 3. The van der Waals surface area contributed by atoms with Gasteiger partial charge in [0.05, 0.1) is 24.4 Å². The Balaban J connectivity index is 0.00000864. The number of allylic oxidation sites excluding steroid dienone is 6. The Hall–Kier alpha value is -4.26. The number of tetrazole rings is 1. The average molecular weight is 972 g/mol. The number of amides is 1. The highest BCUT2D eigenvalue weighted by Gasteiger charge is 2.42. The van der Waals surface area contributed by atoms with E-state index in [0.29, 0.717) is 37.7 Å². The van der Waals surface area contributed by atoms with Crippen molar-refractivity contribution < 1.29 is 61.1 Å². The van der Waals surface area contributed by atoms with Crippen LogP contribution in [0.4, 0.5) is 0 Å². The lowest BCUT2D eigenvalue weighted by Crippen LogP contribution is -2.54. The van der Waals surface area contributed by atoms with E-state index in [9.17, 15) is 39.3 Å². The van der Waals surface area contributed by atoms with Crippen LogP contribution in [-0.4, -0.2) is 146 Å². The quantitative estimate of drug-likeness (QED) is 0.158. The Labute approximate surface area is 412 Å². The van der Waals surface area contributed by atoms with E-state index in [2.05, 4.69) is 15.5 Å². The molecule has 17 heteroatoms. The van der Waals surface area contributed by atoms with E-state index >= 15 is 0 Å². The lowest BCUT2D eigenvalue weighted by molar-refractivity contribution is -0.167. The molecule has 1 aliphatic carbocycles. The smallest absolute Gasteiger partial charge is 0.329 e. The van der Waals surface area contributed by atoms with E-state index in [-0.39, 0.29) is 83.0 Å². The molecule has 2 fully saturated rings. The molecule has 1 saturated carbocycles. The van der Waals surface area contributed by atoms with Gasteiger partial charge < -0.3 is 39.2 Å². The predicted octanol–water partition coefficient (Wildman–Crippen LogP) is 6.17. The maximum atomic E-state index is 14.4. The summed E-state index contributed by atoms with van der Waals surface area (Å²) in [5.41, 5.74) is 1.26. The van der Waals surface area contributed by atoms with Gasteiger partial charge in [-0.05, 0) is 123 Å². The molecule has 390 valence electrons. The van der Waals surface area contributed by atoms with Crippen molar-refractivity contribution in [3.63, 3.8) is 0 Å². The fourth-order valence-electron chi connectivity index (χ4n) is 10.2. The standard InChI is InChI=1S/C52H81N5O12.2H2/c1-31-16-12-11-13-17-32(2)43(66-8)28-39(58)21-19-33(3)46(60)49(63)51(64)56-23-15-14-18-41(56)52(65)69-44(35(5)26-38-20-22-40(45(27-38)67-9)57-30-53-54-55-57)29-42(59)34(4)25-37(7)48(62)50(68-10)47(61)36(6)24-31;;/h11-13,16-17,25,30-31,33-36,38-41,43-46,48,50,58,60,62H,14-15,18-24,26-29H2,1-10H3;2*1H/b13-11?,16-12?,32-17-,37-25+;;/t31-,33-,34-,35-,36-,38+,39+,40+,41-,43+,44-,45-,46+,48-,50+;;/m1../s1. The summed E-state index contributed by atoms with van der Waals surface area (Å²) in [5.74, 6) is -5.33. The molecule has 0 radical (unpaired) electrons. The largest absolute Gasteiger partial charge is 0.460 e. The number of fused-ring (bicyclic) bond motifs is 1. The Morgan fingerprint density at radius 1 is 0.841 bits per heavy atom. The van der Waals surface area contributed by atoms with Gasteiger partial charge in [-0.2, -0.15) is 0 Å². The first kappa shape index (κ1) is 57.3. The number of aliphatic hydroxyl groups is 3. The summed E-state index contributed by atoms with van der Waals surface area (Å²) in [7, 11) is 4.59. The first-order valence-corrected chi connectivity index (χ1v) is 25.0. The third-order valence-electron chi connectivity index (χ3n) is 14.7. The van der Waals surface area contributed by atoms with Crippen molar-refractivity contribution in [1.82, 2.24) is 25.1 Å². The van der Waals surface area contributed by atoms with Gasteiger partial charge >= 0.3 is 5.97 Å². The fourth-order valence-corrected chi connectivity index (χ4v) is 10.2. The van der Waals surface area contributed by atoms with Gasteiger partial charge in [-0.15, -0.1) is 5.10 Å². The molecule has 1 amide bonds. The first-order chi connectivity index (χ1) is 32.8. The maximum Gasteiger partial charge on any atom is 0.329 e. The topological polar surface area (TPSA) is 230 Å². The van der Waals surface area contributed by atoms with Crippen LogP contribution < -0.4 is 0 Å². The number of aromatic nitrogens is 4. The summed E-state index contributed by atoms with van der Waals surface area (Å²) < 4.78 is 25.2. The van der Waals surface area contributed by atoms with Gasteiger partial charge in [0.1, 0.15) is 42.6 Å². The number of piperidine rings is 1. The second-order valence-electron chi connectivity index (χ2n) is 20.2. The number of nitrogens with zero attached hydrogens (tertiary/aromatic N) is 5. The van der Waals surface area contributed by atoms with E-state index in [0.717, 1.165) is 18.4 Å². The summed E-state index contributed by atoms with van der Waals surface area (Å²) in [5, 5.41) is 45.4. The maximum absolute atomic E-state index is 14.4. The number of ether oxygens (including phenoxy) is 4. The number of carbonyl (C=O) groups excluding carboxylic acids is 5. The normalized spacial score (nSPS) is 36.3. The molecule has 4 rings (SSSR count). The Morgan fingerprint density at radius 3 is 2.25 bits per heavy atom. The lowest BCUT2D eigenvalue weighted by atomic mass is 9.77. The molecule has 17 nitrogen and oxygen atoms in total. The molecule has 3 N–H and O–H groups in total. The minimum atomic E-state index is -1.66. The van der Waals surface area contributed by atoms with Gasteiger partial charge in [0.2, 0.25) is 5.78 Å². The monoisotopic (exact) mass is 972 g/mol. The van der Waals surface area contributed by atoms with Crippen molar-refractivity contribution in [3.05, 3.63) is 53.9 Å². The fraction of sp³-hybridized carbons (Fsp3) is 0.731. The molecule has 1 aromatic rings. The van der Waals surface area contributed by atoms with Crippen LogP contribution in [0.15, 0.2) is 53.9 Å². The van der Waals surface area contributed by atoms with Crippen LogP contribution in [0.2, 0.25) is 0 Å². The summed E-state index contributed by atoms with van der Waals surface area (Å²) >= 11 is 0. The summed E-state index contributed by atoms with van der Waals surface area (Å²) in [6.45, 7) is 12.7. The van der Waals surface area contributed by atoms with Crippen LogP contribution in [0.25, 0.3) is 0 Å². The highest BCUT2D eigenvalue weighted by Crippen LogP contribution is 2.38. The molecule has 0 unspecified atom stereocenters. The molecule has 1 saturated heterocycles. The summed E-state index contributed by atoms with van der Waals surface area (Å²) in [6, 6.07) is -1.17. The molecular weight excluding hydrogens is 887 g/mol. The number of methoxy groups -OCH3 is 3.